The SMILES string of the molecule is O=C1NCCN(CC2(CO)COC2)C1Cc1nc2ccccc2o1. The van der Waals surface area contributed by atoms with Crippen molar-refractivity contribution in [3.05, 3.63) is 30.2 Å². The molecule has 0 radical (unpaired) electrons. The number of aliphatic hydroxyl groups is 1. The van der Waals surface area contributed by atoms with Gasteiger partial charge in [-0.2, -0.15) is 0 Å². The summed E-state index contributed by atoms with van der Waals surface area (Å²) in [7, 11) is 0. The predicted molar refractivity (Wildman–Crippen MR) is 86.4 cm³/mol. The zero-order chi connectivity index (χ0) is 16.6. The fourth-order valence-corrected chi connectivity index (χ4v) is 3.40. The number of aliphatic hydroxyl groups excluding tert-OH is 1. The van der Waals surface area contributed by atoms with Crippen LogP contribution in [0.1, 0.15) is 5.89 Å². The maximum Gasteiger partial charge on any atom is 0.237 e. The van der Waals surface area contributed by atoms with E-state index in [4.69, 9.17) is 9.15 Å². The Balaban J connectivity index is 1.54. The van der Waals surface area contributed by atoms with E-state index in [-0.39, 0.29) is 24.0 Å². The number of carbonyl (C=O) groups is 1. The lowest BCUT2D eigenvalue weighted by atomic mass is 9.85. The molecule has 24 heavy (non-hydrogen) atoms. The largest absolute Gasteiger partial charge is 0.441 e. The Kier molecular flexibility index (Phi) is 3.99. The van der Waals surface area contributed by atoms with Crippen LogP contribution >= 0.6 is 0 Å². The number of nitrogens with zero attached hydrogens (tertiary/aromatic N) is 2. The van der Waals surface area contributed by atoms with Gasteiger partial charge in [-0.3, -0.25) is 9.69 Å². The van der Waals surface area contributed by atoms with Gasteiger partial charge in [0.2, 0.25) is 5.91 Å². The normalized spacial score (nSPS) is 23.9. The van der Waals surface area contributed by atoms with Crippen molar-refractivity contribution in [1.29, 1.82) is 0 Å². The summed E-state index contributed by atoms with van der Waals surface area (Å²) in [5.41, 5.74) is 1.28. The second-order valence-corrected chi connectivity index (χ2v) is 6.71. The highest BCUT2D eigenvalue weighted by Crippen LogP contribution is 2.29. The van der Waals surface area contributed by atoms with Crippen molar-refractivity contribution in [1.82, 2.24) is 15.2 Å². The molecule has 0 saturated carbocycles. The Hall–Kier alpha value is -1.96. The van der Waals surface area contributed by atoms with Gasteiger partial charge in [0.15, 0.2) is 11.5 Å². The summed E-state index contributed by atoms with van der Waals surface area (Å²) >= 11 is 0. The Labute approximate surface area is 139 Å². The van der Waals surface area contributed by atoms with Crippen molar-refractivity contribution in [2.24, 2.45) is 5.41 Å². The highest BCUT2D eigenvalue weighted by atomic mass is 16.5. The first-order valence-corrected chi connectivity index (χ1v) is 8.24. The highest BCUT2D eigenvalue weighted by molar-refractivity contribution is 5.82. The molecule has 0 bridgehead atoms. The summed E-state index contributed by atoms with van der Waals surface area (Å²) in [5.74, 6) is 0.544. The number of hydrogen-bond donors (Lipinski definition) is 2. The third kappa shape index (κ3) is 2.79. The molecule has 1 atom stereocenters. The number of carbonyl (C=O) groups excluding carboxylic acids is 1. The molecule has 7 heteroatoms. The number of nitrogens with one attached hydrogen (secondary N) is 1. The van der Waals surface area contributed by atoms with E-state index < -0.39 is 0 Å². The van der Waals surface area contributed by atoms with E-state index >= 15 is 0 Å². The van der Waals surface area contributed by atoms with Crippen molar-refractivity contribution < 1.29 is 19.1 Å². The Bertz CT molecular complexity index is 702. The maximum atomic E-state index is 12.4. The van der Waals surface area contributed by atoms with Crippen molar-refractivity contribution >= 4 is 17.0 Å². The Morgan fingerprint density at radius 2 is 2.21 bits per heavy atom. The number of amides is 1. The molecule has 7 nitrogen and oxygen atoms in total. The van der Waals surface area contributed by atoms with Gasteiger partial charge in [0.05, 0.1) is 31.3 Å². The van der Waals surface area contributed by atoms with Crippen LogP contribution in [0.5, 0.6) is 0 Å². The smallest absolute Gasteiger partial charge is 0.237 e. The van der Waals surface area contributed by atoms with Crippen LogP contribution in [-0.2, 0) is 16.0 Å². The van der Waals surface area contributed by atoms with E-state index in [0.717, 1.165) is 17.6 Å². The van der Waals surface area contributed by atoms with Gasteiger partial charge >= 0.3 is 0 Å². The third-order valence-corrected chi connectivity index (χ3v) is 4.84. The van der Waals surface area contributed by atoms with Crippen molar-refractivity contribution in [3.63, 3.8) is 0 Å². The average molecular weight is 331 g/mol. The van der Waals surface area contributed by atoms with Gasteiger partial charge in [-0.25, -0.2) is 4.98 Å². The quantitative estimate of drug-likeness (QED) is 0.813. The Morgan fingerprint density at radius 1 is 1.38 bits per heavy atom. The van der Waals surface area contributed by atoms with Crippen LogP contribution in [0.2, 0.25) is 0 Å². The molecular weight excluding hydrogens is 310 g/mol. The number of benzene rings is 1. The topological polar surface area (TPSA) is 87.8 Å². The molecule has 1 aromatic carbocycles. The summed E-state index contributed by atoms with van der Waals surface area (Å²) < 4.78 is 11.0. The number of fused-ring (bicyclic) bond motifs is 1. The molecule has 128 valence electrons. The number of oxazole rings is 1. The molecule has 2 N–H and O–H groups in total. The van der Waals surface area contributed by atoms with Gasteiger partial charge in [-0.05, 0) is 12.1 Å². The summed E-state index contributed by atoms with van der Waals surface area (Å²) in [6, 6.07) is 7.25. The first kappa shape index (κ1) is 15.6. The number of ether oxygens (including phenoxy) is 1. The Morgan fingerprint density at radius 3 is 2.92 bits per heavy atom. The minimum absolute atomic E-state index is 0.0168. The van der Waals surface area contributed by atoms with Gasteiger partial charge in [-0.15, -0.1) is 0 Å². The highest BCUT2D eigenvalue weighted by Gasteiger charge is 2.43. The van der Waals surface area contributed by atoms with Gasteiger partial charge in [0, 0.05) is 26.1 Å². The van der Waals surface area contributed by atoms with Crippen molar-refractivity contribution in [2.45, 2.75) is 12.5 Å². The van der Waals surface area contributed by atoms with E-state index in [1.807, 2.05) is 24.3 Å². The molecule has 0 spiro atoms. The first-order chi connectivity index (χ1) is 11.7. The van der Waals surface area contributed by atoms with Gasteiger partial charge in [0.1, 0.15) is 5.52 Å². The fraction of sp³-hybridized carbons (Fsp3) is 0.529. The van der Waals surface area contributed by atoms with Gasteiger partial charge in [-0.1, -0.05) is 12.1 Å². The second kappa shape index (κ2) is 6.16. The second-order valence-electron chi connectivity index (χ2n) is 6.71. The molecule has 1 unspecified atom stereocenters. The lowest BCUT2D eigenvalue weighted by molar-refractivity contribution is -0.158. The minimum atomic E-state index is -0.337. The van der Waals surface area contributed by atoms with Crippen LogP contribution in [0.15, 0.2) is 28.7 Å². The average Bonchev–Trinajstić information content (AvgIpc) is 2.96. The van der Waals surface area contributed by atoms with Gasteiger partial charge in [0.25, 0.3) is 0 Å². The third-order valence-electron chi connectivity index (χ3n) is 4.84. The number of aromatic nitrogens is 1. The molecule has 1 aromatic heterocycles. The molecule has 2 saturated heterocycles. The number of para-hydroxylation sites is 2. The van der Waals surface area contributed by atoms with Crippen molar-refractivity contribution in [3.8, 4) is 0 Å². The van der Waals surface area contributed by atoms with Crippen LogP contribution in [-0.4, -0.2) is 66.4 Å². The number of hydrogen-bond acceptors (Lipinski definition) is 6. The summed E-state index contributed by atoms with van der Waals surface area (Å²) in [4.78, 5) is 19.0. The van der Waals surface area contributed by atoms with Crippen LogP contribution in [0.3, 0.4) is 0 Å². The van der Waals surface area contributed by atoms with Gasteiger partial charge < -0.3 is 19.6 Å². The molecule has 2 fully saturated rings. The molecule has 1 amide bonds. The molecule has 2 aromatic rings. The molecule has 4 rings (SSSR count). The molecule has 3 heterocycles. The molecule has 2 aliphatic heterocycles. The van der Waals surface area contributed by atoms with E-state index in [2.05, 4.69) is 15.2 Å². The monoisotopic (exact) mass is 331 g/mol. The first-order valence-electron chi connectivity index (χ1n) is 8.24. The van der Waals surface area contributed by atoms with Crippen LogP contribution < -0.4 is 5.32 Å². The van der Waals surface area contributed by atoms with Crippen LogP contribution in [0.25, 0.3) is 11.1 Å². The lowest BCUT2D eigenvalue weighted by Crippen LogP contribution is -2.62. The lowest BCUT2D eigenvalue weighted by Gasteiger charge is -2.46. The summed E-state index contributed by atoms with van der Waals surface area (Å²) in [6.45, 7) is 3.15. The van der Waals surface area contributed by atoms with E-state index in [1.54, 1.807) is 0 Å². The number of rotatable bonds is 5. The molecular formula is C17H21N3O4. The maximum absolute atomic E-state index is 12.4. The van der Waals surface area contributed by atoms with Crippen molar-refractivity contribution in [2.75, 3.05) is 39.5 Å². The summed E-state index contributed by atoms with van der Waals surface area (Å²) in [6.07, 6.45) is 0.420. The molecule has 0 aliphatic carbocycles. The van der Waals surface area contributed by atoms with E-state index in [0.29, 0.717) is 38.6 Å². The van der Waals surface area contributed by atoms with E-state index in [9.17, 15) is 9.90 Å². The van der Waals surface area contributed by atoms with Crippen LogP contribution in [0.4, 0.5) is 0 Å². The fourth-order valence-electron chi connectivity index (χ4n) is 3.40. The zero-order valence-corrected chi connectivity index (χ0v) is 13.4. The standard InChI is InChI=1S/C17H21N3O4/c21-9-17(10-23-11-17)8-20-6-5-18-16(22)13(20)7-15-19-12-3-1-2-4-14(12)24-15/h1-4,13,21H,5-11H2,(H,18,22). The summed E-state index contributed by atoms with van der Waals surface area (Å²) in [5, 5.41) is 12.6. The number of piperazine rings is 1. The minimum Gasteiger partial charge on any atom is -0.441 e. The zero-order valence-electron chi connectivity index (χ0n) is 13.4. The molecule has 2 aliphatic rings. The van der Waals surface area contributed by atoms with Crippen LogP contribution in [0, 0.1) is 5.41 Å². The van der Waals surface area contributed by atoms with E-state index in [1.165, 1.54) is 0 Å². The predicted octanol–water partition coefficient (Wildman–Crippen LogP) is 0.180.